The number of aromatic nitrogens is 2. The molecule has 1 amide bonds. The van der Waals surface area contributed by atoms with E-state index in [1.54, 1.807) is 0 Å². The lowest BCUT2D eigenvalue weighted by molar-refractivity contribution is -0.671. The monoisotopic (exact) mass is 406 g/mol. The normalized spacial score (nSPS) is 13.0. The predicted octanol–water partition coefficient (Wildman–Crippen LogP) is 1.48. The number of carbonyl (C=O) groups excluding carboxylic acids is 1. The molecule has 0 bridgehead atoms. The molecule has 0 saturated heterocycles. The van der Waals surface area contributed by atoms with Crippen molar-refractivity contribution in [3.8, 4) is 0 Å². The SMILES string of the molecule is CCn1cc[n+](C)c1.O=C(NS(=O)(=O)C(F)(F)C(F)(F)F)C(F)(F)F. The van der Waals surface area contributed by atoms with E-state index in [2.05, 4.69) is 24.0 Å². The molecule has 1 heterocycles. The summed E-state index contributed by atoms with van der Waals surface area (Å²) in [5, 5.41) is -6.53. The number of imidazole rings is 1. The van der Waals surface area contributed by atoms with Gasteiger partial charge in [-0.25, -0.2) is 13.9 Å². The van der Waals surface area contributed by atoms with Crippen molar-refractivity contribution in [2.24, 2.45) is 7.05 Å². The molecule has 0 aliphatic heterocycles. The molecule has 0 fully saturated rings. The highest BCUT2D eigenvalue weighted by atomic mass is 32.2. The van der Waals surface area contributed by atoms with Crippen LogP contribution < -0.4 is 9.29 Å². The summed E-state index contributed by atoms with van der Waals surface area (Å²) in [4.78, 5) is 9.94. The number of hydrogen-bond acceptors (Lipinski definition) is 3. The summed E-state index contributed by atoms with van der Waals surface area (Å²) in [5.41, 5.74) is 0. The molecule has 1 rings (SSSR count). The topological polar surface area (TPSA) is 72.0 Å². The number of nitrogens with one attached hydrogen (secondary N) is 1. The van der Waals surface area contributed by atoms with E-state index in [0.29, 0.717) is 0 Å². The number of alkyl halides is 8. The van der Waals surface area contributed by atoms with Gasteiger partial charge in [0.25, 0.3) is 0 Å². The number of sulfonamides is 1. The van der Waals surface area contributed by atoms with E-state index in [0.717, 1.165) is 6.54 Å². The second-order valence-corrected chi connectivity index (χ2v) is 6.08. The van der Waals surface area contributed by atoms with E-state index in [-0.39, 0.29) is 0 Å². The van der Waals surface area contributed by atoms with Crippen molar-refractivity contribution in [2.45, 2.75) is 31.1 Å². The molecular weight excluding hydrogens is 394 g/mol. The van der Waals surface area contributed by atoms with Crippen LogP contribution in [-0.2, 0) is 28.4 Å². The summed E-state index contributed by atoms with van der Waals surface area (Å²) in [6.07, 6.45) is -6.44. The zero-order valence-electron chi connectivity index (χ0n) is 12.5. The fraction of sp³-hybridized carbons (Fsp3) is 0.600. The average Bonchev–Trinajstić information content (AvgIpc) is 2.82. The Kier molecular flexibility index (Phi) is 6.95. The van der Waals surface area contributed by atoms with E-state index in [1.807, 2.05) is 17.8 Å². The number of rotatable bonds is 3. The van der Waals surface area contributed by atoms with E-state index >= 15 is 0 Å². The molecule has 0 spiro atoms. The third kappa shape index (κ3) is 6.13. The highest BCUT2D eigenvalue weighted by Crippen LogP contribution is 2.39. The lowest BCUT2D eigenvalue weighted by Gasteiger charge is -2.19. The zero-order valence-corrected chi connectivity index (χ0v) is 13.3. The van der Waals surface area contributed by atoms with Gasteiger partial charge in [-0.15, -0.1) is 0 Å². The molecule has 146 valence electrons. The van der Waals surface area contributed by atoms with Gasteiger partial charge in [-0.2, -0.15) is 43.5 Å². The molecule has 1 aromatic rings. The largest absolute Gasteiger partial charge is 0.472 e. The van der Waals surface area contributed by atoms with Gasteiger partial charge in [-0.3, -0.25) is 4.79 Å². The van der Waals surface area contributed by atoms with Crippen LogP contribution in [0.15, 0.2) is 18.7 Å². The molecule has 0 radical (unpaired) electrons. The van der Waals surface area contributed by atoms with Crippen LogP contribution in [0.4, 0.5) is 35.1 Å². The summed E-state index contributed by atoms with van der Waals surface area (Å²) in [6, 6.07) is 0. The maximum Gasteiger partial charge on any atom is 0.472 e. The Labute approximate surface area is 136 Å². The minimum absolute atomic E-state index is 0.419. The Morgan fingerprint density at radius 3 is 1.84 bits per heavy atom. The van der Waals surface area contributed by atoms with Gasteiger partial charge in [-0.05, 0) is 6.92 Å². The first-order valence-electron chi connectivity index (χ1n) is 6.04. The van der Waals surface area contributed by atoms with E-state index in [9.17, 15) is 48.3 Å². The number of hydrogen-bond donors (Lipinski definition) is 1. The van der Waals surface area contributed by atoms with E-state index in [4.69, 9.17) is 0 Å². The molecule has 0 aliphatic carbocycles. The van der Waals surface area contributed by atoms with Gasteiger partial charge in [0.15, 0.2) is 0 Å². The van der Waals surface area contributed by atoms with Crippen molar-refractivity contribution in [1.29, 1.82) is 0 Å². The number of halogens is 8. The predicted molar refractivity (Wildman–Crippen MR) is 65.4 cm³/mol. The highest BCUT2D eigenvalue weighted by molar-refractivity contribution is 7.91. The molecule has 1 N–H and O–H groups in total. The van der Waals surface area contributed by atoms with Gasteiger partial charge in [-0.1, -0.05) is 0 Å². The van der Waals surface area contributed by atoms with Crippen LogP contribution in [-0.4, -0.2) is 36.5 Å². The number of aryl methyl sites for hydroxylation is 2. The Morgan fingerprint density at radius 2 is 1.60 bits per heavy atom. The van der Waals surface area contributed by atoms with Crippen molar-refractivity contribution < 1.29 is 52.9 Å². The molecule has 1 aromatic heterocycles. The standard InChI is InChI=1S/C6H11N2.C4HF8NO3S/c1-3-8-5-4-7(2)6-8;5-2(6,7)1(14)13-17(15,16)4(11,12)3(8,9)10/h4-6H,3H2,1-2H3;(H,13,14)/q+1;. The van der Waals surface area contributed by atoms with Gasteiger partial charge >= 0.3 is 33.5 Å². The number of amides is 1. The van der Waals surface area contributed by atoms with Crippen molar-refractivity contribution in [2.75, 3.05) is 0 Å². The Balaban J connectivity index is 0.000000593. The Hall–Kier alpha value is -1.93. The van der Waals surface area contributed by atoms with E-state index < -0.39 is 38.3 Å². The van der Waals surface area contributed by atoms with Gasteiger partial charge in [0.1, 0.15) is 12.4 Å². The molecule has 0 aromatic carbocycles. The summed E-state index contributed by atoms with van der Waals surface area (Å²) in [5.74, 6) is -3.46. The van der Waals surface area contributed by atoms with Crippen LogP contribution in [0.25, 0.3) is 0 Å². The maximum atomic E-state index is 12.2. The molecule has 25 heavy (non-hydrogen) atoms. The van der Waals surface area contributed by atoms with Gasteiger partial charge in [0, 0.05) is 0 Å². The van der Waals surface area contributed by atoms with Gasteiger partial charge in [0.05, 0.1) is 13.6 Å². The third-order valence-corrected chi connectivity index (χ3v) is 3.70. The first-order chi connectivity index (χ1) is 11.0. The maximum absolute atomic E-state index is 12.2. The molecule has 15 heteroatoms. The van der Waals surface area contributed by atoms with Crippen LogP contribution in [0.5, 0.6) is 0 Å². The number of nitrogens with zero attached hydrogens (tertiary/aromatic N) is 2. The second kappa shape index (κ2) is 7.53. The minimum Gasteiger partial charge on any atom is -0.263 e. The van der Waals surface area contributed by atoms with Crippen LogP contribution in [0, 0.1) is 0 Å². The van der Waals surface area contributed by atoms with E-state index in [1.165, 1.54) is 0 Å². The van der Waals surface area contributed by atoms with Crippen LogP contribution >= 0.6 is 0 Å². The van der Waals surface area contributed by atoms with Gasteiger partial charge in [0.2, 0.25) is 6.33 Å². The highest BCUT2D eigenvalue weighted by Gasteiger charge is 2.68. The summed E-state index contributed by atoms with van der Waals surface area (Å²) >= 11 is 0. The summed E-state index contributed by atoms with van der Waals surface area (Å²) in [6.45, 7) is 3.18. The molecule has 6 nitrogen and oxygen atoms in total. The average molecular weight is 406 g/mol. The molecular formula is C10H12F8N3O3S+. The fourth-order valence-corrected chi connectivity index (χ4v) is 1.88. The van der Waals surface area contributed by atoms with Crippen molar-refractivity contribution in [3.05, 3.63) is 18.7 Å². The van der Waals surface area contributed by atoms with Crippen molar-refractivity contribution in [3.63, 3.8) is 0 Å². The quantitative estimate of drug-likeness (QED) is 0.611. The third-order valence-electron chi connectivity index (χ3n) is 2.34. The van der Waals surface area contributed by atoms with Crippen molar-refractivity contribution in [1.82, 2.24) is 9.29 Å². The molecule has 0 unspecified atom stereocenters. The van der Waals surface area contributed by atoms with Crippen LogP contribution in [0.1, 0.15) is 6.92 Å². The van der Waals surface area contributed by atoms with Crippen LogP contribution in [0.2, 0.25) is 0 Å². The zero-order chi connectivity index (χ0) is 20.3. The minimum atomic E-state index is -6.88. The van der Waals surface area contributed by atoms with Crippen molar-refractivity contribution >= 4 is 15.9 Å². The molecule has 0 atom stereocenters. The Bertz CT molecular complexity index is 693. The number of carbonyl (C=O) groups is 1. The summed E-state index contributed by atoms with van der Waals surface area (Å²) in [7, 11) is -4.86. The smallest absolute Gasteiger partial charge is 0.263 e. The van der Waals surface area contributed by atoms with Crippen LogP contribution in [0.3, 0.4) is 0 Å². The first-order valence-corrected chi connectivity index (χ1v) is 7.53. The second-order valence-electron chi connectivity index (χ2n) is 4.36. The summed E-state index contributed by atoms with van der Waals surface area (Å²) < 4.78 is 117. The van der Waals surface area contributed by atoms with Gasteiger partial charge < -0.3 is 0 Å². The fourth-order valence-electron chi connectivity index (χ4n) is 1.09. The molecule has 0 aliphatic rings. The lowest BCUT2D eigenvalue weighted by atomic mass is 10.6. The lowest BCUT2D eigenvalue weighted by Crippen LogP contribution is -2.53. The first kappa shape index (κ1) is 23.1. The molecule has 0 saturated carbocycles. The Morgan fingerprint density at radius 1 is 1.12 bits per heavy atom.